The molecule has 0 atom stereocenters. The van der Waals surface area contributed by atoms with Gasteiger partial charge in [0.15, 0.2) is 0 Å². The maximum Gasteiger partial charge on any atom is 0.138 e. The monoisotopic (exact) mass is 478 g/mol. The fourth-order valence-corrected chi connectivity index (χ4v) is 4.51. The Hall–Kier alpha value is -1.93. The molecule has 34 heavy (non-hydrogen) atoms. The zero-order valence-corrected chi connectivity index (χ0v) is 22.5. The summed E-state index contributed by atoms with van der Waals surface area (Å²) in [6.45, 7) is 5.22. The first-order chi connectivity index (χ1) is 16.7. The summed E-state index contributed by atoms with van der Waals surface area (Å²) < 4.78 is 6.25. The summed E-state index contributed by atoms with van der Waals surface area (Å²) in [7, 11) is 0. The molecule has 0 amide bonds. The highest BCUT2D eigenvalue weighted by Gasteiger charge is 2.10. The van der Waals surface area contributed by atoms with E-state index in [9.17, 15) is 0 Å². The Bertz CT molecular complexity index is 807. The van der Waals surface area contributed by atoms with Crippen molar-refractivity contribution < 1.29 is 4.74 Å². The summed E-state index contributed by atoms with van der Waals surface area (Å²) >= 11 is 5.85. The minimum Gasteiger partial charge on any atom is -0.492 e. The Morgan fingerprint density at radius 1 is 0.676 bits per heavy atom. The van der Waals surface area contributed by atoms with Crippen molar-refractivity contribution in [2.45, 2.75) is 104 Å². The lowest BCUT2D eigenvalue weighted by Crippen LogP contribution is -2.07. The molecule has 0 bridgehead atoms. The summed E-state index contributed by atoms with van der Waals surface area (Å²) in [5.41, 5.74) is 3.55. The molecule has 0 unspecified atom stereocenters. The van der Waals surface area contributed by atoms with Gasteiger partial charge in [0, 0.05) is 0 Å². The number of hydrogen-bond acceptors (Lipinski definition) is 2. The van der Waals surface area contributed by atoms with Crippen LogP contribution in [0.15, 0.2) is 60.4 Å². The number of rotatable bonds is 19. The number of aryl methyl sites for hydroxylation is 1. The average Bonchev–Trinajstić information content (AvgIpc) is 2.87. The molecule has 0 fully saturated rings. The van der Waals surface area contributed by atoms with E-state index in [2.05, 4.69) is 68.5 Å². The van der Waals surface area contributed by atoms with Gasteiger partial charge in [0.25, 0.3) is 0 Å². The van der Waals surface area contributed by atoms with E-state index in [1.807, 2.05) is 6.07 Å². The summed E-state index contributed by atoms with van der Waals surface area (Å²) in [5.74, 6) is 0.813. The van der Waals surface area contributed by atoms with E-state index in [1.54, 1.807) is 0 Å². The Labute approximate surface area is 215 Å². The molecule has 0 aromatic heterocycles. The van der Waals surface area contributed by atoms with Gasteiger partial charge in [-0.3, -0.25) is 0 Å². The number of thiocarbonyl (C=S) groups is 1. The van der Waals surface area contributed by atoms with Gasteiger partial charge >= 0.3 is 0 Å². The second-order valence-electron chi connectivity index (χ2n) is 9.43. The zero-order valence-electron chi connectivity index (χ0n) is 21.7. The fourth-order valence-electron chi connectivity index (χ4n) is 4.25. The van der Waals surface area contributed by atoms with Gasteiger partial charge in [-0.25, -0.2) is 0 Å². The van der Waals surface area contributed by atoms with Crippen molar-refractivity contribution in [1.82, 2.24) is 0 Å². The maximum absolute atomic E-state index is 6.25. The summed E-state index contributed by atoms with van der Waals surface area (Å²) in [5, 5.41) is 0. The van der Waals surface area contributed by atoms with E-state index in [0.29, 0.717) is 0 Å². The molecule has 0 aliphatic carbocycles. The topological polar surface area (TPSA) is 9.23 Å². The van der Waals surface area contributed by atoms with Crippen LogP contribution in [0.3, 0.4) is 0 Å². The van der Waals surface area contributed by atoms with Crippen molar-refractivity contribution in [1.29, 1.82) is 0 Å². The summed E-state index contributed by atoms with van der Waals surface area (Å²) in [4.78, 5) is 0.797. The highest BCUT2D eigenvalue weighted by molar-refractivity contribution is 7.81. The fraction of sp³-hybridized carbons (Fsp3) is 0.531. The van der Waals surface area contributed by atoms with Crippen LogP contribution in [0, 0.1) is 0 Å². The third kappa shape index (κ3) is 12.0. The average molecular weight is 479 g/mol. The Morgan fingerprint density at radius 2 is 1.24 bits per heavy atom. The molecule has 0 heterocycles. The van der Waals surface area contributed by atoms with Gasteiger partial charge in [-0.2, -0.15) is 0 Å². The molecular weight excluding hydrogens is 432 g/mol. The molecule has 2 aromatic rings. The number of allylic oxidation sites excluding steroid dienone is 1. The molecule has 0 saturated heterocycles. The normalized spacial score (nSPS) is 11.5. The van der Waals surface area contributed by atoms with Gasteiger partial charge in [0.1, 0.15) is 5.76 Å². The lowest BCUT2D eigenvalue weighted by atomic mass is 10.0. The van der Waals surface area contributed by atoms with E-state index < -0.39 is 0 Å². The zero-order chi connectivity index (χ0) is 24.3. The van der Waals surface area contributed by atoms with Crippen LogP contribution in [0.2, 0.25) is 0 Å². The maximum atomic E-state index is 6.25. The first-order valence-corrected chi connectivity index (χ1v) is 14.2. The highest BCUT2D eigenvalue weighted by Crippen LogP contribution is 2.18. The van der Waals surface area contributed by atoms with Crippen LogP contribution in [0.25, 0.3) is 6.08 Å². The van der Waals surface area contributed by atoms with E-state index in [4.69, 9.17) is 17.0 Å². The SMILES string of the molecule is CCCCCCCCCCCCCCOC(=Cc1ccccc1)C(=S)c1ccc(CCC)cc1. The highest BCUT2D eigenvalue weighted by atomic mass is 32.1. The molecule has 2 aromatic carbocycles. The molecule has 0 aliphatic rings. The van der Waals surface area contributed by atoms with Crippen LogP contribution in [-0.2, 0) is 11.2 Å². The minimum absolute atomic E-state index is 0.726. The number of benzene rings is 2. The quantitative estimate of drug-likeness (QED) is 0.0653. The largest absolute Gasteiger partial charge is 0.492 e. The molecular formula is C32H46OS. The number of ether oxygens (including phenoxy) is 1. The van der Waals surface area contributed by atoms with Gasteiger partial charge in [-0.05, 0) is 35.6 Å². The second kappa shape index (κ2) is 18.4. The first kappa shape index (κ1) is 28.3. The van der Waals surface area contributed by atoms with Crippen LogP contribution in [0.5, 0.6) is 0 Å². The van der Waals surface area contributed by atoms with Crippen LogP contribution in [0.4, 0.5) is 0 Å². The lowest BCUT2D eigenvalue weighted by molar-refractivity contribution is 0.226. The van der Waals surface area contributed by atoms with Gasteiger partial charge in [0.2, 0.25) is 0 Å². The molecule has 186 valence electrons. The molecule has 0 radical (unpaired) electrons. The van der Waals surface area contributed by atoms with Crippen LogP contribution < -0.4 is 0 Å². The van der Waals surface area contributed by atoms with Crippen LogP contribution >= 0.6 is 12.2 Å². The summed E-state index contributed by atoms with van der Waals surface area (Å²) in [6, 6.07) is 19.0. The standard InChI is InChI=1S/C32H46OS/c1-3-5-6-7-8-9-10-11-12-13-14-18-26-33-31(27-29-20-16-15-17-21-29)32(34)30-24-22-28(19-4-2)23-25-30/h15-17,20-25,27H,3-14,18-19,26H2,1-2H3. The predicted octanol–water partition coefficient (Wildman–Crippen LogP) is 10.1. The second-order valence-corrected chi connectivity index (χ2v) is 9.84. The van der Waals surface area contributed by atoms with Crippen LogP contribution in [0.1, 0.15) is 114 Å². The van der Waals surface area contributed by atoms with Gasteiger partial charge in [-0.15, -0.1) is 0 Å². The molecule has 0 spiro atoms. The Morgan fingerprint density at radius 3 is 1.79 bits per heavy atom. The van der Waals surface area contributed by atoms with Crippen molar-refractivity contribution >= 4 is 23.2 Å². The van der Waals surface area contributed by atoms with E-state index in [1.165, 1.54) is 76.2 Å². The Balaban J connectivity index is 1.75. The third-order valence-electron chi connectivity index (χ3n) is 6.33. The van der Waals surface area contributed by atoms with Crippen molar-refractivity contribution in [3.63, 3.8) is 0 Å². The first-order valence-electron chi connectivity index (χ1n) is 13.8. The molecule has 2 heteroatoms. The lowest BCUT2D eigenvalue weighted by Gasteiger charge is -2.13. The van der Waals surface area contributed by atoms with Crippen molar-refractivity contribution in [3.8, 4) is 0 Å². The summed E-state index contributed by atoms with van der Waals surface area (Å²) in [6.07, 6.45) is 20.5. The van der Waals surface area contributed by atoms with Gasteiger partial charge < -0.3 is 4.74 Å². The van der Waals surface area contributed by atoms with Crippen molar-refractivity contribution in [3.05, 3.63) is 77.0 Å². The third-order valence-corrected chi connectivity index (χ3v) is 6.77. The van der Waals surface area contributed by atoms with E-state index in [-0.39, 0.29) is 0 Å². The van der Waals surface area contributed by atoms with Crippen LogP contribution in [-0.4, -0.2) is 11.5 Å². The van der Waals surface area contributed by atoms with Crippen molar-refractivity contribution in [2.75, 3.05) is 6.61 Å². The molecule has 1 nitrogen and oxygen atoms in total. The smallest absolute Gasteiger partial charge is 0.138 e. The van der Waals surface area contributed by atoms with Crippen molar-refractivity contribution in [2.24, 2.45) is 0 Å². The molecule has 0 saturated carbocycles. The molecule has 0 N–H and O–H groups in total. The van der Waals surface area contributed by atoms with Gasteiger partial charge in [-0.1, -0.05) is 158 Å². The minimum atomic E-state index is 0.726. The Kier molecular flexibility index (Phi) is 15.3. The molecule has 2 rings (SSSR count). The molecule has 0 aliphatic heterocycles. The van der Waals surface area contributed by atoms with E-state index >= 15 is 0 Å². The van der Waals surface area contributed by atoms with Gasteiger partial charge in [0.05, 0.1) is 11.5 Å². The predicted molar refractivity (Wildman–Crippen MR) is 154 cm³/mol. The van der Waals surface area contributed by atoms with E-state index in [0.717, 1.165) is 47.6 Å². The number of unbranched alkanes of at least 4 members (excludes halogenated alkanes) is 11. The number of hydrogen-bond donors (Lipinski definition) is 0.